The second kappa shape index (κ2) is 5.17. The molecule has 2 aromatic carbocycles. The SMILES string of the molecule is Cc1ccc([C@@H](C)S(=O)(=O)c2ccc(C)cc2)cc1. The van der Waals surface area contributed by atoms with Crippen LogP contribution >= 0.6 is 0 Å². The Morgan fingerprint density at radius 1 is 0.789 bits per heavy atom. The van der Waals surface area contributed by atoms with Crippen molar-refractivity contribution in [2.45, 2.75) is 30.9 Å². The van der Waals surface area contributed by atoms with Gasteiger partial charge in [0.05, 0.1) is 10.1 Å². The number of rotatable bonds is 3. The molecule has 0 aliphatic carbocycles. The van der Waals surface area contributed by atoms with Crippen LogP contribution in [-0.4, -0.2) is 8.42 Å². The quantitative estimate of drug-likeness (QED) is 0.852. The van der Waals surface area contributed by atoms with Crippen LogP contribution in [-0.2, 0) is 9.84 Å². The van der Waals surface area contributed by atoms with E-state index in [1.54, 1.807) is 19.1 Å². The Labute approximate surface area is 115 Å². The second-order valence-electron chi connectivity index (χ2n) is 4.91. The summed E-state index contributed by atoms with van der Waals surface area (Å²) in [4.78, 5) is 0.381. The maximum atomic E-state index is 12.5. The molecule has 0 heterocycles. The summed E-state index contributed by atoms with van der Waals surface area (Å²) in [5.74, 6) is 0. The van der Waals surface area contributed by atoms with Gasteiger partial charge in [0.2, 0.25) is 0 Å². The average Bonchev–Trinajstić information content (AvgIpc) is 2.39. The molecule has 0 saturated carbocycles. The Morgan fingerprint density at radius 2 is 1.21 bits per heavy atom. The maximum absolute atomic E-state index is 12.5. The molecular weight excluding hydrogens is 256 g/mol. The first-order valence-corrected chi connectivity index (χ1v) is 7.83. The third-order valence-electron chi connectivity index (χ3n) is 3.36. The Kier molecular flexibility index (Phi) is 3.76. The lowest BCUT2D eigenvalue weighted by Crippen LogP contribution is -2.10. The van der Waals surface area contributed by atoms with Crippen LogP contribution in [0.25, 0.3) is 0 Å². The number of sulfone groups is 1. The summed E-state index contributed by atoms with van der Waals surface area (Å²) in [6, 6.07) is 14.7. The van der Waals surface area contributed by atoms with Gasteiger partial charge < -0.3 is 0 Å². The zero-order valence-corrected chi connectivity index (χ0v) is 12.2. The van der Waals surface area contributed by atoms with Gasteiger partial charge in [-0.1, -0.05) is 47.5 Å². The lowest BCUT2D eigenvalue weighted by atomic mass is 10.1. The van der Waals surface area contributed by atoms with Crippen LogP contribution in [0.5, 0.6) is 0 Å². The Hall–Kier alpha value is -1.61. The summed E-state index contributed by atoms with van der Waals surface area (Å²) >= 11 is 0. The van der Waals surface area contributed by atoms with Crippen molar-refractivity contribution >= 4 is 9.84 Å². The van der Waals surface area contributed by atoms with E-state index >= 15 is 0 Å². The normalized spacial score (nSPS) is 13.2. The van der Waals surface area contributed by atoms with Crippen LogP contribution in [0.1, 0.15) is 28.9 Å². The Balaban J connectivity index is 2.39. The van der Waals surface area contributed by atoms with Crippen LogP contribution in [0.3, 0.4) is 0 Å². The van der Waals surface area contributed by atoms with E-state index in [1.807, 2.05) is 50.2 Å². The summed E-state index contributed by atoms with van der Waals surface area (Å²) in [5.41, 5.74) is 3.01. The highest BCUT2D eigenvalue weighted by Crippen LogP contribution is 2.28. The standard InChI is InChI=1S/C16H18O2S/c1-12-4-8-15(9-5-12)14(3)19(17,18)16-10-6-13(2)7-11-16/h4-11,14H,1-3H3/t14-/m1/s1. The van der Waals surface area contributed by atoms with Gasteiger partial charge in [-0.3, -0.25) is 0 Å². The maximum Gasteiger partial charge on any atom is 0.185 e. The first-order valence-electron chi connectivity index (χ1n) is 6.28. The fraction of sp³-hybridized carbons (Fsp3) is 0.250. The van der Waals surface area contributed by atoms with Gasteiger partial charge >= 0.3 is 0 Å². The third kappa shape index (κ3) is 2.87. The van der Waals surface area contributed by atoms with Crippen LogP contribution in [0.2, 0.25) is 0 Å². The Bertz CT molecular complexity index is 653. The monoisotopic (exact) mass is 274 g/mol. The summed E-state index contributed by atoms with van der Waals surface area (Å²) in [5, 5.41) is -0.532. The molecule has 0 saturated heterocycles. The molecule has 0 spiro atoms. The highest BCUT2D eigenvalue weighted by molar-refractivity contribution is 7.91. The number of hydrogen-bond donors (Lipinski definition) is 0. The Morgan fingerprint density at radius 3 is 1.68 bits per heavy atom. The van der Waals surface area contributed by atoms with Crippen LogP contribution in [0, 0.1) is 13.8 Å². The molecule has 19 heavy (non-hydrogen) atoms. The van der Waals surface area contributed by atoms with Gasteiger partial charge in [-0.2, -0.15) is 0 Å². The van der Waals surface area contributed by atoms with Gasteiger partial charge in [-0.15, -0.1) is 0 Å². The van der Waals surface area contributed by atoms with Gasteiger partial charge in [0.25, 0.3) is 0 Å². The fourth-order valence-electron chi connectivity index (χ4n) is 1.95. The van der Waals surface area contributed by atoms with E-state index < -0.39 is 15.1 Å². The molecule has 0 radical (unpaired) electrons. The van der Waals surface area contributed by atoms with Gasteiger partial charge in [0.1, 0.15) is 0 Å². The van der Waals surface area contributed by atoms with E-state index in [4.69, 9.17) is 0 Å². The highest BCUT2D eigenvalue weighted by atomic mass is 32.2. The molecule has 2 rings (SSSR count). The van der Waals surface area contributed by atoms with E-state index in [-0.39, 0.29) is 0 Å². The lowest BCUT2D eigenvalue weighted by molar-refractivity contribution is 0.586. The minimum absolute atomic E-state index is 0.381. The summed E-state index contributed by atoms with van der Waals surface area (Å²) in [7, 11) is -3.32. The predicted molar refractivity (Wildman–Crippen MR) is 78.0 cm³/mol. The predicted octanol–water partition coefficient (Wildman–Crippen LogP) is 3.84. The lowest BCUT2D eigenvalue weighted by Gasteiger charge is -2.14. The molecule has 0 aliphatic heterocycles. The van der Waals surface area contributed by atoms with Crippen LogP contribution in [0.4, 0.5) is 0 Å². The second-order valence-corrected chi connectivity index (χ2v) is 7.18. The van der Waals surface area contributed by atoms with E-state index in [0.717, 1.165) is 16.7 Å². The van der Waals surface area contributed by atoms with Crippen molar-refractivity contribution in [3.63, 3.8) is 0 Å². The number of hydrogen-bond acceptors (Lipinski definition) is 2. The average molecular weight is 274 g/mol. The molecular formula is C16H18O2S. The molecule has 3 heteroatoms. The zero-order valence-electron chi connectivity index (χ0n) is 11.4. The van der Waals surface area contributed by atoms with Crippen molar-refractivity contribution < 1.29 is 8.42 Å². The van der Waals surface area contributed by atoms with Gasteiger partial charge in [0, 0.05) is 0 Å². The molecule has 100 valence electrons. The summed E-state index contributed by atoms with van der Waals surface area (Å²) in [6.45, 7) is 5.67. The molecule has 2 aromatic rings. The van der Waals surface area contributed by atoms with Gasteiger partial charge in [-0.25, -0.2) is 8.42 Å². The molecule has 0 aliphatic rings. The third-order valence-corrected chi connectivity index (χ3v) is 5.49. The molecule has 1 atom stereocenters. The number of benzene rings is 2. The van der Waals surface area contributed by atoms with Crippen molar-refractivity contribution in [2.24, 2.45) is 0 Å². The minimum atomic E-state index is -3.32. The summed E-state index contributed by atoms with van der Waals surface area (Å²) in [6.07, 6.45) is 0. The van der Waals surface area contributed by atoms with Crippen molar-refractivity contribution in [3.8, 4) is 0 Å². The van der Waals surface area contributed by atoms with Crippen molar-refractivity contribution in [3.05, 3.63) is 65.2 Å². The van der Waals surface area contributed by atoms with Crippen molar-refractivity contribution in [1.82, 2.24) is 0 Å². The molecule has 2 nitrogen and oxygen atoms in total. The molecule has 0 unspecified atom stereocenters. The summed E-state index contributed by atoms with van der Waals surface area (Å²) < 4.78 is 25.1. The van der Waals surface area contributed by atoms with E-state index in [9.17, 15) is 8.42 Å². The topological polar surface area (TPSA) is 34.1 Å². The van der Waals surface area contributed by atoms with E-state index in [0.29, 0.717) is 4.90 Å². The van der Waals surface area contributed by atoms with E-state index in [2.05, 4.69) is 0 Å². The highest BCUT2D eigenvalue weighted by Gasteiger charge is 2.24. The van der Waals surface area contributed by atoms with Gasteiger partial charge in [-0.05, 0) is 38.5 Å². The molecule has 0 N–H and O–H groups in total. The first kappa shape index (κ1) is 13.8. The van der Waals surface area contributed by atoms with Crippen LogP contribution < -0.4 is 0 Å². The first-order chi connectivity index (χ1) is 8.91. The molecule has 0 fully saturated rings. The van der Waals surface area contributed by atoms with Crippen molar-refractivity contribution in [2.75, 3.05) is 0 Å². The zero-order chi connectivity index (χ0) is 14.0. The number of aryl methyl sites for hydroxylation is 2. The molecule has 0 bridgehead atoms. The van der Waals surface area contributed by atoms with Crippen molar-refractivity contribution in [1.29, 1.82) is 0 Å². The largest absolute Gasteiger partial charge is 0.223 e. The smallest absolute Gasteiger partial charge is 0.185 e. The van der Waals surface area contributed by atoms with Gasteiger partial charge in [0.15, 0.2) is 9.84 Å². The minimum Gasteiger partial charge on any atom is -0.223 e. The van der Waals surface area contributed by atoms with Crippen LogP contribution in [0.15, 0.2) is 53.4 Å². The molecule has 0 aromatic heterocycles. The molecule has 0 amide bonds. The fourth-order valence-corrected chi connectivity index (χ4v) is 3.39. The van der Waals surface area contributed by atoms with E-state index in [1.165, 1.54) is 0 Å².